The molecule has 33 heavy (non-hydrogen) atoms. The van der Waals surface area contributed by atoms with Gasteiger partial charge >= 0.3 is 5.97 Å². The van der Waals surface area contributed by atoms with Crippen LogP contribution in [-0.2, 0) is 11.3 Å². The van der Waals surface area contributed by atoms with Crippen molar-refractivity contribution in [2.75, 3.05) is 4.90 Å². The maximum atomic E-state index is 13.7. The van der Waals surface area contributed by atoms with Gasteiger partial charge in [0.05, 0.1) is 17.8 Å². The molecule has 4 rings (SSSR count). The van der Waals surface area contributed by atoms with Gasteiger partial charge in [-0.25, -0.2) is 4.79 Å². The number of aromatic carboxylic acids is 1. The molecule has 2 atom stereocenters. The molecule has 1 fully saturated rings. The van der Waals surface area contributed by atoms with Crippen molar-refractivity contribution in [1.29, 1.82) is 0 Å². The van der Waals surface area contributed by atoms with Gasteiger partial charge in [0, 0.05) is 11.3 Å². The summed E-state index contributed by atoms with van der Waals surface area (Å²) >= 11 is 0. The van der Waals surface area contributed by atoms with Crippen LogP contribution >= 0.6 is 0 Å². The molecule has 0 unspecified atom stereocenters. The van der Waals surface area contributed by atoms with E-state index in [-0.39, 0.29) is 17.4 Å². The van der Waals surface area contributed by atoms with Crippen molar-refractivity contribution in [3.63, 3.8) is 0 Å². The van der Waals surface area contributed by atoms with E-state index in [1.807, 2.05) is 6.92 Å². The van der Waals surface area contributed by atoms with Gasteiger partial charge in [-0.15, -0.1) is 0 Å². The number of carbonyl (C=O) groups is 2. The van der Waals surface area contributed by atoms with Crippen LogP contribution in [0.15, 0.2) is 47.5 Å². The lowest BCUT2D eigenvalue weighted by Crippen LogP contribution is -2.40. The summed E-state index contributed by atoms with van der Waals surface area (Å²) in [5.41, 5.74) is 4.81. The van der Waals surface area contributed by atoms with Crippen molar-refractivity contribution >= 4 is 23.3 Å². The molecular weight excluding hydrogens is 412 g/mol. The maximum Gasteiger partial charge on any atom is 0.335 e. The standard InChI is InChI=1S/C28H34N2O3/c1-4-18(2)26-27(31)30(25-16-23(28(32)33)14-15-24(25)19(3)29-26)17-20-10-12-22(13-11-20)21-8-6-5-7-9-21/h10-16,18,21,26H,4-9,17H2,1-3H3,(H,32,33)/t18-,26-/m0/s1. The van der Waals surface area contributed by atoms with E-state index in [4.69, 9.17) is 4.99 Å². The number of benzodiazepines with no additional fused rings is 1. The van der Waals surface area contributed by atoms with Crippen molar-refractivity contribution in [1.82, 2.24) is 0 Å². The molecule has 0 radical (unpaired) electrons. The summed E-state index contributed by atoms with van der Waals surface area (Å²) in [5.74, 6) is -0.338. The molecule has 1 aliphatic heterocycles. The Balaban J connectivity index is 1.70. The predicted molar refractivity (Wildman–Crippen MR) is 132 cm³/mol. The Bertz CT molecular complexity index is 1050. The number of carbonyl (C=O) groups excluding carboxylic acids is 1. The van der Waals surface area contributed by atoms with Gasteiger partial charge in [0.15, 0.2) is 0 Å². The van der Waals surface area contributed by atoms with E-state index in [0.717, 1.165) is 23.3 Å². The normalized spacial score (nSPS) is 20.1. The summed E-state index contributed by atoms with van der Waals surface area (Å²) in [5, 5.41) is 9.56. The van der Waals surface area contributed by atoms with Crippen molar-refractivity contribution in [2.45, 2.75) is 77.8 Å². The fraction of sp³-hybridized carbons (Fsp3) is 0.464. The van der Waals surface area contributed by atoms with E-state index in [1.165, 1.54) is 37.7 Å². The minimum absolute atomic E-state index is 0.0682. The van der Waals surface area contributed by atoms with Crippen LogP contribution in [0.25, 0.3) is 0 Å². The predicted octanol–water partition coefficient (Wildman–Crippen LogP) is 6.20. The third-order valence-corrected chi connectivity index (χ3v) is 7.36. The van der Waals surface area contributed by atoms with Crippen molar-refractivity contribution < 1.29 is 14.7 Å². The zero-order chi connectivity index (χ0) is 23.5. The number of hydrogen-bond donors (Lipinski definition) is 1. The lowest BCUT2D eigenvalue weighted by atomic mass is 9.84. The van der Waals surface area contributed by atoms with Gasteiger partial charge in [-0.1, -0.05) is 69.9 Å². The third kappa shape index (κ3) is 4.87. The van der Waals surface area contributed by atoms with Gasteiger partial charge in [-0.2, -0.15) is 0 Å². The van der Waals surface area contributed by atoms with E-state index in [9.17, 15) is 14.7 Å². The number of fused-ring (bicyclic) bond motifs is 1. The van der Waals surface area contributed by atoms with E-state index in [2.05, 4.69) is 38.1 Å². The van der Waals surface area contributed by atoms with E-state index < -0.39 is 12.0 Å². The molecule has 0 saturated heterocycles. The lowest BCUT2D eigenvalue weighted by molar-refractivity contribution is -0.120. The number of amides is 1. The largest absolute Gasteiger partial charge is 0.478 e. The van der Waals surface area contributed by atoms with Gasteiger partial charge in [0.25, 0.3) is 5.91 Å². The fourth-order valence-corrected chi connectivity index (χ4v) is 5.08. The quantitative estimate of drug-likeness (QED) is 0.574. The average molecular weight is 447 g/mol. The van der Waals surface area contributed by atoms with Crippen LogP contribution in [-0.4, -0.2) is 28.7 Å². The number of carboxylic acids is 1. The molecule has 5 heteroatoms. The van der Waals surface area contributed by atoms with E-state index in [0.29, 0.717) is 18.2 Å². The van der Waals surface area contributed by atoms with Crippen molar-refractivity contribution in [2.24, 2.45) is 10.9 Å². The van der Waals surface area contributed by atoms with E-state index in [1.54, 1.807) is 23.1 Å². The Labute approximate surface area is 196 Å². The zero-order valence-corrected chi connectivity index (χ0v) is 19.9. The molecule has 1 N–H and O–H groups in total. The molecule has 1 amide bonds. The monoisotopic (exact) mass is 446 g/mol. The van der Waals surface area contributed by atoms with Crippen LogP contribution in [0.5, 0.6) is 0 Å². The molecule has 1 heterocycles. The minimum Gasteiger partial charge on any atom is -0.478 e. The Kier molecular flexibility index (Phi) is 6.96. The highest BCUT2D eigenvalue weighted by molar-refractivity contribution is 6.12. The summed E-state index contributed by atoms with van der Waals surface area (Å²) < 4.78 is 0. The smallest absolute Gasteiger partial charge is 0.335 e. The molecule has 174 valence electrons. The maximum absolute atomic E-state index is 13.7. The molecule has 0 bridgehead atoms. The molecular formula is C28H34N2O3. The van der Waals surface area contributed by atoms with Gasteiger partial charge in [-0.3, -0.25) is 9.79 Å². The molecule has 1 aliphatic carbocycles. The Morgan fingerprint density at radius 3 is 2.45 bits per heavy atom. The fourth-order valence-electron chi connectivity index (χ4n) is 5.08. The molecule has 2 aliphatic rings. The second kappa shape index (κ2) is 9.90. The van der Waals surface area contributed by atoms with Crippen LogP contribution < -0.4 is 4.90 Å². The summed E-state index contributed by atoms with van der Waals surface area (Å²) in [6.07, 6.45) is 7.28. The Hall–Kier alpha value is -2.95. The molecule has 2 aromatic carbocycles. The molecule has 1 saturated carbocycles. The molecule has 0 aromatic heterocycles. The number of carboxylic acid groups (broad SMARTS) is 1. The van der Waals surface area contributed by atoms with Gasteiger partial charge in [0.1, 0.15) is 6.04 Å². The average Bonchev–Trinajstić information content (AvgIpc) is 2.94. The first-order valence-corrected chi connectivity index (χ1v) is 12.2. The molecule has 0 spiro atoms. The number of anilines is 1. The highest BCUT2D eigenvalue weighted by Crippen LogP contribution is 2.34. The van der Waals surface area contributed by atoms with Crippen LogP contribution in [0.4, 0.5) is 5.69 Å². The number of hydrogen-bond acceptors (Lipinski definition) is 3. The Morgan fingerprint density at radius 2 is 1.82 bits per heavy atom. The van der Waals surface area contributed by atoms with Gasteiger partial charge in [0.2, 0.25) is 0 Å². The van der Waals surface area contributed by atoms with Crippen LogP contribution in [0, 0.1) is 5.92 Å². The lowest BCUT2D eigenvalue weighted by Gasteiger charge is -2.28. The number of benzene rings is 2. The number of aliphatic imine (C=N–C) groups is 1. The number of nitrogens with zero attached hydrogens (tertiary/aromatic N) is 2. The molecule has 5 nitrogen and oxygen atoms in total. The van der Waals surface area contributed by atoms with E-state index >= 15 is 0 Å². The van der Waals surface area contributed by atoms with Gasteiger partial charge in [-0.05, 0) is 54.9 Å². The third-order valence-electron chi connectivity index (χ3n) is 7.36. The molecule has 2 aromatic rings. The number of rotatable bonds is 6. The first kappa shape index (κ1) is 23.2. The van der Waals surface area contributed by atoms with Gasteiger partial charge < -0.3 is 10.0 Å². The summed E-state index contributed by atoms with van der Waals surface area (Å²) in [7, 11) is 0. The highest BCUT2D eigenvalue weighted by atomic mass is 16.4. The Morgan fingerprint density at radius 1 is 1.12 bits per heavy atom. The summed E-state index contributed by atoms with van der Waals surface area (Å²) in [6, 6.07) is 13.2. The first-order valence-electron chi connectivity index (χ1n) is 12.2. The van der Waals surface area contributed by atoms with Crippen LogP contribution in [0.2, 0.25) is 0 Å². The topological polar surface area (TPSA) is 70.0 Å². The SMILES string of the molecule is CC[C@H](C)[C@@H]1N=C(C)c2ccc(C(=O)O)cc2N(Cc2ccc(C3CCCCC3)cc2)C1=O. The summed E-state index contributed by atoms with van der Waals surface area (Å²) in [6.45, 7) is 6.42. The van der Waals surface area contributed by atoms with Crippen molar-refractivity contribution in [3.8, 4) is 0 Å². The van der Waals surface area contributed by atoms with Crippen molar-refractivity contribution in [3.05, 3.63) is 64.7 Å². The van der Waals surface area contributed by atoms with Crippen LogP contribution in [0.3, 0.4) is 0 Å². The zero-order valence-electron chi connectivity index (χ0n) is 19.9. The minimum atomic E-state index is -1.00. The first-order chi connectivity index (χ1) is 15.9. The highest BCUT2D eigenvalue weighted by Gasteiger charge is 2.34. The second-order valence-electron chi connectivity index (χ2n) is 9.58. The van der Waals surface area contributed by atoms with Crippen LogP contribution in [0.1, 0.15) is 92.3 Å². The summed E-state index contributed by atoms with van der Waals surface area (Å²) in [4.78, 5) is 31.9. The second-order valence-corrected chi connectivity index (χ2v) is 9.58.